The fourth-order valence-electron chi connectivity index (χ4n) is 1.32. The number of nitrogens with zero attached hydrogens (tertiary/aromatic N) is 4. The molecule has 0 atom stereocenters. The molecule has 16 heavy (non-hydrogen) atoms. The second-order valence-electron chi connectivity index (χ2n) is 3.20. The maximum absolute atomic E-state index is 8.84. The van der Waals surface area contributed by atoms with Gasteiger partial charge in [0.15, 0.2) is 5.69 Å². The Bertz CT molecular complexity index is 357. The molecule has 0 unspecified atom stereocenters. The summed E-state index contributed by atoms with van der Waals surface area (Å²) in [5.74, 6) is 0.940. The molecule has 0 saturated carbocycles. The van der Waals surface area contributed by atoms with Gasteiger partial charge in [-0.15, -0.1) is 11.8 Å². The minimum atomic E-state index is 0.423. The number of rotatable bonds is 6. The van der Waals surface area contributed by atoms with Crippen molar-refractivity contribution in [2.45, 2.75) is 18.9 Å². The molecule has 86 valence electrons. The van der Waals surface area contributed by atoms with Gasteiger partial charge in [-0.1, -0.05) is 13.8 Å². The summed E-state index contributed by atoms with van der Waals surface area (Å²) >= 11 is 1.59. The zero-order valence-electron chi connectivity index (χ0n) is 9.68. The lowest BCUT2D eigenvalue weighted by Gasteiger charge is -2.17. The van der Waals surface area contributed by atoms with E-state index in [0.717, 1.165) is 30.4 Å². The van der Waals surface area contributed by atoms with Gasteiger partial charge in [0.05, 0.1) is 0 Å². The van der Waals surface area contributed by atoms with Gasteiger partial charge < -0.3 is 4.90 Å². The molecule has 1 aromatic heterocycles. The SMILES string of the molecule is CCN(CC)CCSc1nccnc1C#N. The Morgan fingerprint density at radius 1 is 1.31 bits per heavy atom. The highest BCUT2D eigenvalue weighted by Gasteiger charge is 2.05. The summed E-state index contributed by atoms with van der Waals surface area (Å²) in [6.07, 6.45) is 3.17. The molecule has 0 aliphatic carbocycles. The topological polar surface area (TPSA) is 52.8 Å². The fourth-order valence-corrected chi connectivity index (χ4v) is 2.23. The number of thioether (sulfide) groups is 1. The van der Waals surface area contributed by atoms with Crippen LogP contribution < -0.4 is 0 Å². The molecule has 0 amide bonds. The molecule has 4 nitrogen and oxygen atoms in total. The largest absolute Gasteiger partial charge is 0.303 e. The van der Waals surface area contributed by atoms with Crippen LogP contribution in [0.15, 0.2) is 17.4 Å². The molecule has 1 aromatic rings. The lowest BCUT2D eigenvalue weighted by atomic mass is 10.5. The average molecular weight is 236 g/mol. The van der Waals surface area contributed by atoms with Crippen molar-refractivity contribution in [3.05, 3.63) is 18.1 Å². The van der Waals surface area contributed by atoms with Crippen molar-refractivity contribution in [3.8, 4) is 6.07 Å². The van der Waals surface area contributed by atoms with Gasteiger partial charge in [0.1, 0.15) is 11.1 Å². The van der Waals surface area contributed by atoms with Crippen LogP contribution in [0.2, 0.25) is 0 Å². The van der Waals surface area contributed by atoms with E-state index in [4.69, 9.17) is 5.26 Å². The fraction of sp³-hybridized carbons (Fsp3) is 0.545. The lowest BCUT2D eigenvalue weighted by Crippen LogP contribution is -2.25. The molecule has 0 aliphatic heterocycles. The van der Waals surface area contributed by atoms with Crippen LogP contribution in [0.3, 0.4) is 0 Å². The minimum absolute atomic E-state index is 0.423. The lowest BCUT2D eigenvalue weighted by molar-refractivity contribution is 0.324. The highest BCUT2D eigenvalue weighted by molar-refractivity contribution is 7.99. The standard InChI is InChI=1S/C11H16N4S/c1-3-15(4-2)7-8-16-11-10(9-12)13-5-6-14-11/h5-6H,3-4,7-8H2,1-2H3. The van der Waals surface area contributed by atoms with Crippen molar-refractivity contribution in [3.63, 3.8) is 0 Å². The number of hydrogen-bond donors (Lipinski definition) is 0. The number of hydrogen-bond acceptors (Lipinski definition) is 5. The molecular formula is C11H16N4S. The van der Waals surface area contributed by atoms with E-state index in [1.807, 2.05) is 0 Å². The highest BCUT2D eigenvalue weighted by atomic mass is 32.2. The van der Waals surface area contributed by atoms with Crippen LogP contribution in [0.4, 0.5) is 0 Å². The third-order valence-corrected chi connectivity index (χ3v) is 3.27. The van der Waals surface area contributed by atoms with Gasteiger partial charge in [0.25, 0.3) is 0 Å². The van der Waals surface area contributed by atoms with E-state index < -0.39 is 0 Å². The van der Waals surface area contributed by atoms with Crippen LogP contribution in [0.5, 0.6) is 0 Å². The maximum Gasteiger partial charge on any atom is 0.172 e. The Morgan fingerprint density at radius 2 is 2.00 bits per heavy atom. The third-order valence-electron chi connectivity index (χ3n) is 2.31. The van der Waals surface area contributed by atoms with E-state index in [0.29, 0.717) is 5.69 Å². The van der Waals surface area contributed by atoms with Gasteiger partial charge in [-0.05, 0) is 13.1 Å². The summed E-state index contributed by atoms with van der Waals surface area (Å²) in [6.45, 7) is 7.43. The quantitative estimate of drug-likeness (QED) is 0.705. The Kier molecular flexibility index (Phi) is 5.83. The average Bonchev–Trinajstić information content (AvgIpc) is 2.35. The van der Waals surface area contributed by atoms with Crippen LogP contribution in [-0.4, -0.2) is 40.3 Å². The molecule has 0 fully saturated rings. The van der Waals surface area contributed by atoms with E-state index in [-0.39, 0.29) is 0 Å². The molecular weight excluding hydrogens is 220 g/mol. The molecule has 0 aliphatic rings. The summed E-state index contributed by atoms with van der Waals surface area (Å²) < 4.78 is 0. The Hall–Kier alpha value is -1.12. The summed E-state index contributed by atoms with van der Waals surface area (Å²) in [5.41, 5.74) is 0.423. The number of aromatic nitrogens is 2. The van der Waals surface area contributed by atoms with Crippen molar-refractivity contribution in [1.29, 1.82) is 5.26 Å². The summed E-state index contributed by atoms with van der Waals surface area (Å²) in [6, 6.07) is 2.05. The summed E-state index contributed by atoms with van der Waals surface area (Å²) in [7, 11) is 0. The van der Waals surface area contributed by atoms with Gasteiger partial charge in [0.2, 0.25) is 0 Å². The second-order valence-corrected chi connectivity index (χ2v) is 4.28. The van der Waals surface area contributed by atoms with Crippen molar-refractivity contribution in [1.82, 2.24) is 14.9 Å². The van der Waals surface area contributed by atoms with Gasteiger partial charge in [-0.2, -0.15) is 5.26 Å². The van der Waals surface area contributed by atoms with Crippen molar-refractivity contribution in [2.75, 3.05) is 25.4 Å². The van der Waals surface area contributed by atoms with Crippen molar-refractivity contribution < 1.29 is 0 Å². The zero-order chi connectivity index (χ0) is 11.8. The highest BCUT2D eigenvalue weighted by Crippen LogP contribution is 2.17. The first-order valence-electron chi connectivity index (χ1n) is 5.38. The van der Waals surface area contributed by atoms with Gasteiger partial charge >= 0.3 is 0 Å². The van der Waals surface area contributed by atoms with Gasteiger partial charge in [0, 0.05) is 24.7 Å². The Labute approximate surface area is 101 Å². The zero-order valence-corrected chi connectivity index (χ0v) is 10.5. The Balaban J connectivity index is 2.46. The molecule has 0 N–H and O–H groups in total. The normalized spacial score (nSPS) is 10.4. The van der Waals surface area contributed by atoms with E-state index in [9.17, 15) is 0 Å². The number of nitriles is 1. The molecule has 1 heterocycles. The second kappa shape index (κ2) is 7.20. The summed E-state index contributed by atoms with van der Waals surface area (Å²) in [5, 5.41) is 9.58. The molecule has 0 radical (unpaired) electrons. The van der Waals surface area contributed by atoms with Crippen LogP contribution in [-0.2, 0) is 0 Å². The van der Waals surface area contributed by atoms with E-state index >= 15 is 0 Å². The molecule has 0 spiro atoms. The van der Waals surface area contributed by atoms with Crippen LogP contribution in [0, 0.1) is 11.3 Å². The van der Waals surface area contributed by atoms with Crippen LogP contribution in [0.25, 0.3) is 0 Å². The van der Waals surface area contributed by atoms with Crippen molar-refractivity contribution >= 4 is 11.8 Å². The first-order chi connectivity index (χ1) is 7.81. The van der Waals surface area contributed by atoms with Crippen LogP contribution >= 0.6 is 11.8 Å². The molecule has 0 bridgehead atoms. The van der Waals surface area contributed by atoms with Crippen molar-refractivity contribution in [2.24, 2.45) is 0 Å². The smallest absolute Gasteiger partial charge is 0.172 e. The predicted molar refractivity (Wildman–Crippen MR) is 65.3 cm³/mol. The van der Waals surface area contributed by atoms with Gasteiger partial charge in [-0.3, -0.25) is 0 Å². The Morgan fingerprint density at radius 3 is 2.62 bits per heavy atom. The monoisotopic (exact) mass is 236 g/mol. The van der Waals surface area contributed by atoms with E-state index in [1.54, 1.807) is 24.2 Å². The third kappa shape index (κ3) is 3.80. The first kappa shape index (κ1) is 12.9. The van der Waals surface area contributed by atoms with E-state index in [2.05, 4.69) is 34.8 Å². The van der Waals surface area contributed by atoms with E-state index in [1.165, 1.54) is 0 Å². The molecule has 0 saturated heterocycles. The molecule has 1 rings (SSSR count). The molecule has 5 heteroatoms. The summed E-state index contributed by atoms with van der Waals surface area (Å²) in [4.78, 5) is 10.5. The maximum atomic E-state index is 8.84. The molecule has 0 aromatic carbocycles. The first-order valence-corrected chi connectivity index (χ1v) is 6.36. The minimum Gasteiger partial charge on any atom is -0.303 e. The van der Waals surface area contributed by atoms with Gasteiger partial charge in [-0.25, -0.2) is 9.97 Å². The predicted octanol–water partition coefficient (Wildman–Crippen LogP) is 1.78. The van der Waals surface area contributed by atoms with Crippen LogP contribution in [0.1, 0.15) is 19.5 Å².